The van der Waals surface area contributed by atoms with Crippen molar-refractivity contribution >= 4 is 21.6 Å². The zero-order chi connectivity index (χ0) is 15.5. The van der Waals surface area contributed by atoms with Crippen molar-refractivity contribution in [1.82, 2.24) is 0 Å². The molecule has 0 saturated heterocycles. The quantitative estimate of drug-likeness (QED) is 0.641. The molecule has 0 radical (unpaired) electrons. The summed E-state index contributed by atoms with van der Waals surface area (Å²) in [6.45, 7) is 0. The Bertz CT molecular complexity index is 783. The Morgan fingerprint density at radius 2 is 1.62 bits per heavy atom. The van der Waals surface area contributed by atoms with E-state index in [1.165, 1.54) is 48.5 Å². The van der Waals surface area contributed by atoms with Gasteiger partial charge >= 0.3 is 0 Å². The summed E-state index contributed by atoms with van der Waals surface area (Å²) < 4.78 is 37.9. The molecule has 0 bridgehead atoms. The van der Waals surface area contributed by atoms with Crippen LogP contribution in [-0.4, -0.2) is 13.3 Å². The monoisotopic (exact) mass is 307 g/mol. The lowest BCUT2D eigenvalue weighted by molar-refractivity contribution is -0.384. The van der Waals surface area contributed by atoms with Gasteiger partial charge in [-0.2, -0.15) is 4.39 Å². The first kappa shape index (κ1) is 14.9. The van der Waals surface area contributed by atoms with Gasteiger partial charge in [0.05, 0.1) is 9.82 Å². The van der Waals surface area contributed by atoms with E-state index in [0.717, 1.165) is 6.08 Å². The molecule has 0 unspecified atom stereocenters. The molecule has 0 aliphatic rings. The molecular formula is C14H10FNO4S. The van der Waals surface area contributed by atoms with Gasteiger partial charge in [0.2, 0.25) is 15.0 Å². The van der Waals surface area contributed by atoms with Crippen molar-refractivity contribution in [3.05, 3.63) is 75.4 Å². The molecule has 2 aromatic carbocycles. The molecule has 0 saturated carbocycles. The minimum atomic E-state index is -4.20. The van der Waals surface area contributed by atoms with Crippen LogP contribution >= 0.6 is 0 Å². The average Bonchev–Trinajstić information content (AvgIpc) is 2.48. The maximum Gasteiger partial charge on any atom is 0.269 e. The fraction of sp³-hybridized carbons (Fsp3) is 0. The molecule has 21 heavy (non-hydrogen) atoms. The standard InChI is InChI=1S/C14H10FNO4S/c15-14(21(19,20)13-4-2-1-3-5-13)10-11-6-8-12(9-7-11)16(17)18/h1-10H/b14-10+. The lowest BCUT2D eigenvalue weighted by Gasteiger charge is -2.01. The van der Waals surface area contributed by atoms with E-state index in [1.807, 2.05) is 0 Å². The second-order valence-corrected chi connectivity index (χ2v) is 5.98. The number of nitro groups is 1. The zero-order valence-electron chi connectivity index (χ0n) is 10.6. The van der Waals surface area contributed by atoms with Crippen molar-refractivity contribution in [1.29, 1.82) is 0 Å². The smallest absolute Gasteiger partial charge is 0.258 e. The maximum absolute atomic E-state index is 14.0. The highest BCUT2D eigenvalue weighted by molar-refractivity contribution is 7.95. The molecular weight excluding hydrogens is 297 g/mol. The molecule has 0 spiro atoms. The van der Waals surface area contributed by atoms with Crippen molar-refractivity contribution in [2.45, 2.75) is 4.90 Å². The van der Waals surface area contributed by atoms with E-state index in [9.17, 15) is 22.9 Å². The number of hydrogen-bond donors (Lipinski definition) is 0. The summed E-state index contributed by atoms with van der Waals surface area (Å²) in [5, 5.41) is 9.18. The van der Waals surface area contributed by atoms with Crippen molar-refractivity contribution < 1.29 is 17.7 Å². The first-order valence-corrected chi connectivity index (χ1v) is 7.31. The molecule has 0 aliphatic carbocycles. The molecule has 7 heteroatoms. The van der Waals surface area contributed by atoms with E-state index >= 15 is 0 Å². The summed E-state index contributed by atoms with van der Waals surface area (Å²) in [6.07, 6.45) is 0.825. The van der Waals surface area contributed by atoms with E-state index in [0.29, 0.717) is 0 Å². The van der Waals surface area contributed by atoms with Gasteiger partial charge in [-0.1, -0.05) is 18.2 Å². The average molecular weight is 307 g/mol. The molecule has 2 rings (SSSR count). The van der Waals surface area contributed by atoms with Crippen molar-refractivity contribution in [3.63, 3.8) is 0 Å². The Kier molecular flexibility index (Phi) is 4.13. The number of halogens is 1. The summed E-state index contributed by atoms with van der Waals surface area (Å²) in [5.41, 5.74) is 0.0658. The van der Waals surface area contributed by atoms with Crippen LogP contribution in [-0.2, 0) is 9.84 Å². The molecule has 2 aromatic rings. The normalized spacial score (nSPS) is 12.1. The summed E-state index contributed by atoms with van der Waals surface area (Å²) in [4.78, 5) is 9.75. The molecule has 0 heterocycles. The van der Waals surface area contributed by atoms with Gasteiger partial charge in [-0.05, 0) is 35.9 Å². The third-order valence-corrected chi connectivity index (χ3v) is 4.22. The summed E-state index contributed by atoms with van der Waals surface area (Å²) in [7, 11) is -4.20. The third-order valence-electron chi connectivity index (χ3n) is 2.69. The number of non-ortho nitro benzene ring substituents is 1. The highest BCUT2D eigenvalue weighted by atomic mass is 32.2. The van der Waals surface area contributed by atoms with Crippen LogP contribution in [0.5, 0.6) is 0 Å². The van der Waals surface area contributed by atoms with Crippen molar-refractivity contribution in [2.75, 3.05) is 0 Å². The lowest BCUT2D eigenvalue weighted by atomic mass is 10.2. The summed E-state index contributed by atoms with van der Waals surface area (Å²) in [6, 6.07) is 12.1. The van der Waals surface area contributed by atoms with E-state index in [4.69, 9.17) is 0 Å². The molecule has 0 atom stereocenters. The van der Waals surface area contributed by atoms with E-state index in [-0.39, 0.29) is 16.1 Å². The van der Waals surface area contributed by atoms with Gasteiger partial charge in [0, 0.05) is 12.1 Å². The number of nitrogens with zero attached hydrogens (tertiary/aromatic N) is 1. The zero-order valence-corrected chi connectivity index (χ0v) is 11.5. The van der Waals surface area contributed by atoms with Crippen molar-refractivity contribution in [2.24, 2.45) is 0 Å². The highest BCUT2D eigenvalue weighted by Gasteiger charge is 2.20. The molecule has 0 aromatic heterocycles. The molecule has 0 N–H and O–H groups in total. The Balaban J connectivity index is 2.35. The fourth-order valence-corrected chi connectivity index (χ4v) is 2.64. The molecule has 108 valence electrons. The van der Waals surface area contributed by atoms with Crippen LogP contribution in [0, 0.1) is 10.1 Å². The number of sulfone groups is 1. The van der Waals surface area contributed by atoms with Gasteiger partial charge in [-0.15, -0.1) is 0 Å². The van der Waals surface area contributed by atoms with Crippen LogP contribution in [0.3, 0.4) is 0 Å². The number of nitro benzene ring substituents is 1. The first-order valence-electron chi connectivity index (χ1n) is 5.83. The summed E-state index contributed by atoms with van der Waals surface area (Å²) >= 11 is 0. The van der Waals surface area contributed by atoms with Crippen LogP contribution in [0.4, 0.5) is 10.1 Å². The van der Waals surface area contributed by atoms with Gasteiger partial charge in [0.25, 0.3) is 5.69 Å². The van der Waals surface area contributed by atoms with E-state index < -0.39 is 19.9 Å². The Labute approximate surface area is 120 Å². The highest BCUT2D eigenvalue weighted by Crippen LogP contribution is 2.23. The molecule has 5 nitrogen and oxygen atoms in total. The van der Waals surface area contributed by atoms with Gasteiger partial charge in [0.1, 0.15) is 0 Å². The largest absolute Gasteiger partial charge is 0.269 e. The van der Waals surface area contributed by atoms with Crippen LogP contribution in [0.25, 0.3) is 6.08 Å². The van der Waals surface area contributed by atoms with Gasteiger partial charge in [-0.3, -0.25) is 10.1 Å². The molecule has 0 aliphatic heterocycles. The van der Waals surface area contributed by atoms with Gasteiger partial charge < -0.3 is 0 Å². The van der Waals surface area contributed by atoms with E-state index in [2.05, 4.69) is 0 Å². The number of hydrogen-bond acceptors (Lipinski definition) is 4. The second kappa shape index (κ2) is 5.84. The van der Waals surface area contributed by atoms with Crippen molar-refractivity contribution in [3.8, 4) is 0 Å². The lowest BCUT2D eigenvalue weighted by Crippen LogP contribution is -2.00. The molecule has 0 amide bonds. The predicted molar refractivity (Wildman–Crippen MR) is 75.8 cm³/mol. The van der Waals surface area contributed by atoms with Crippen LogP contribution in [0.2, 0.25) is 0 Å². The first-order chi connectivity index (χ1) is 9.91. The number of benzene rings is 2. The minimum absolute atomic E-state index is 0.152. The summed E-state index contributed by atoms with van der Waals surface area (Å²) in [5.74, 6) is 0. The van der Waals surface area contributed by atoms with Crippen LogP contribution < -0.4 is 0 Å². The third kappa shape index (κ3) is 3.32. The number of rotatable bonds is 4. The Morgan fingerprint density at radius 3 is 2.14 bits per heavy atom. The second-order valence-electron chi connectivity index (χ2n) is 4.11. The molecule has 0 fully saturated rings. The SMILES string of the molecule is O=[N+]([O-])c1ccc(/C=C(\F)S(=O)(=O)c2ccccc2)cc1. The van der Waals surface area contributed by atoms with Crippen LogP contribution in [0.1, 0.15) is 5.56 Å². The Morgan fingerprint density at radius 1 is 1.05 bits per heavy atom. The minimum Gasteiger partial charge on any atom is -0.258 e. The Hall–Kier alpha value is -2.54. The van der Waals surface area contributed by atoms with Crippen LogP contribution in [0.15, 0.2) is 64.7 Å². The maximum atomic E-state index is 14.0. The fourth-order valence-electron chi connectivity index (χ4n) is 1.61. The predicted octanol–water partition coefficient (Wildman–Crippen LogP) is 3.34. The van der Waals surface area contributed by atoms with E-state index in [1.54, 1.807) is 6.07 Å². The van der Waals surface area contributed by atoms with Gasteiger partial charge in [-0.25, -0.2) is 8.42 Å². The van der Waals surface area contributed by atoms with Gasteiger partial charge in [0.15, 0.2) is 0 Å². The topological polar surface area (TPSA) is 77.3 Å².